The van der Waals surface area contributed by atoms with Crippen LogP contribution in [0.15, 0.2) is 24.3 Å². The zero-order chi connectivity index (χ0) is 8.60. The second-order valence-corrected chi connectivity index (χ2v) is 4.10. The third-order valence-corrected chi connectivity index (χ3v) is 3.20. The Balaban J connectivity index is 2.35. The SMILES string of the molecule is C[C@]12C=CC(=O)C=C[C@@H]1CCC2. The van der Waals surface area contributed by atoms with Crippen LogP contribution in [0.5, 0.6) is 0 Å². The van der Waals surface area contributed by atoms with E-state index in [1.165, 1.54) is 19.3 Å². The molecule has 2 aliphatic carbocycles. The van der Waals surface area contributed by atoms with E-state index >= 15 is 0 Å². The highest BCUT2D eigenvalue weighted by Gasteiger charge is 2.35. The van der Waals surface area contributed by atoms with Gasteiger partial charge < -0.3 is 0 Å². The summed E-state index contributed by atoms with van der Waals surface area (Å²) in [6.45, 7) is 2.25. The average molecular weight is 162 g/mol. The second kappa shape index (κ2) is 2.58. The predicted molar refractivity (Wildman–Crippen MR) is 48.7 cm³/mol. The molecule has 1 heteroatoms. The number of hydrogen-bond acceptors (Lipinski definition) is 1. The van der Waals surface area contributed by atoms with E-state index < -0.39 is 0 Å². The number of rotatable bonds is 0. The van der Waals surface area contributed by atoms with Crippen LogP contribution in [0.3, 0.4) is 0 Å². The molecule has 0 heterocycles. The van der Waals surface area contributed by atoms with Gasteiger partial charge in [0.1, 0.15) is 0 Å². The molecule has 0 spiro atoms. The van der Waals surface area contributed by atoms with Crippen LogP contribution >= 0.6 is 0 Å². The maximum absolute atomic E-state index is 11.1. The standard InChI is InChI=1S/C11H14O/c1-11-7-2-3-9(11)4-5-10(12)6-8-11/h4-6,8-9H,2-3,7H2,1H3/t9-,11-/m0/s1. The Kier molecular flexibility index (Phi) is 1.67. The summed E-state index contributed by atoms with van der Waals surface area (Å²) in [6.07, 6.45) is 11.4. The van der Waals surface area contributed by atoms with Crippen LogP contribution in [0.2, 0.25) is 0 Å². The Bertz CT molecular complexity index is 262. The number of carbonyl (C=O) groups is 1. The van der Waals surface area contributed by atoms with E-state index in [-0.39, 0.29) is 11.2 Å². The molecule has 0 aromatic rings. The Hall–Kier alpha value is -0.850. The first-order valence-electron chi connectivity index (χ1n) is 4.62. The van der Waals surface area contributed by atoms with Crippen LogP contribution in [0.4, 0.5) is 0 Å². The quantitative estimate of drug-likeness (QED) is 0.535. The summed E-state index contributed by atoms with van der Waals surface area (Å²) in [4.78, 5) is 11.1. The van der Waals surface area contributed by atoms with Gasteiger partial charge in [-0.2, -0.15) is 0 Å². The average Bonchev–Trinajstić information content (AvgIpc) is 2.35. The number of carbonyl (C=O) groups excluding carboxylic acids is 1. The Morgan fingerprint density at radius 2 is 2.33 bits per heavy atom. The highest BCUT2D eigenvalue weighted by Crippen LogP contribution is 2.45. The zero-order valence-electron chi connectivity index (χ0n) is 7.42. The minimum Gasteiger partial charge on any atom is -0.290 e. The lowest BCUT2D eigenvalue weighted by Crippen LogP contribution is -2.16. The van der Waals surface area contributed by atoms with Crippen LogP contribution in [-0.4, -0.2) is 5.78 Å². The summed E-state index contributed by atoms with van der Waals surface area (Å²) in [5.74, 6) is 0.742. The van der Waals surface area contributed by atoms with E-state index in [9.17, 15) is 4.79 Å². The molecular formula is C11H14O. The molecule has 2 rings (SSSR count). The number of allylic oxidation sites excluding steroid dienone is 4. The molecule has 2 aliphatic rings. The van der Waals surface area contributed by atoms with Gasteiger partial charge in [-0.15, -0.1) is 0 Å². The maximum atomic E-state index is 11.1. The molecule has 64 valence electrons. The molecule has 0 bridgehead atoms. The van der Waals surface area contributed by atoms with Gasteiger partial charge in [-0.25, -0.2) is 0 Å². The highest BCUT2D eigenvalue weighted by atomic mass is 16.1. The fraction of sp³-hybridized carbons (Fsp3) is 0.545. The summed E-state index contributed by atoms with van der Waals surface area (Å²) in [5, 5.41) is 0. The molecule has 1 saturated carbocycles. The van der Waals surface area contributed by atoms with Crippen LogP contribution < -0.4 is 0 Å². The van der Waals surface area contributed by atoms with E-state index in [0.29, 0.717) is 5.92 Å². The molecular weight excluding hydrogens is 148 g/mol. The van der Waals surface area contributed by atoms with Crippen molar-refractivity contribution < 1.29 is 4.79 Å². The Labute approximate surface area is 73.2 Å². The first-order valence-corrected chi connectivity index (χ1v) is 4.62. The van der Waals surface area contributed by atoms with Gasteiger partial charge in [-0.3, -0.25) is 4.79 Å². The third-order valence-electron chi connectivity index (χ3n) is 3.20. The minimum atomic E-state index is 0.144. The molecule has 12 heavy (non-hydrogen) atoms. The van der Waals surface area contributed by atoms with Crippen molar-refractivity contribution in [2.24, 2.45) is 11.3 Å². The lowest BCUT2D eigenvalue weighted by molar-refractivity contribution is -0.110. The summed E-state index contributed by atoms with van der Waals surface area (Å²) in [7, 11) is 0. The maximum Gasteiger partial charge on any atom is 0.178 e. The molecule has 1 nitrogen and oxygen atoms in total. The van der Waals surface area contributed by atoms with Gasteiger partial charge in [-0.1, -0.05) is 25.5 Å². The molecule has 0 unspecified atom stereocenters. The summed E-state index contributed by atoms with van der Waals surface area (Å²) < 4.78 is 0. The number of ketones is 1. The Morgan fingerprint density at radius 3 is 3.17 bits per heavy atom. The first kappa shape index (κ1) is 7.78. The minimum absolute atomic E-state index is 0.144. The molecule has 0 radical (unpaired) electrons. The van der Waals surface area contributed by atoms with E-state index in [0.717, 1.165) is 0 Å². The van der Waals surface area contributed by atoms with Gasteiger partial charge >= 0.3 is 0 Å². The van der Waals surface area contributed by atoms with Crippen molar-refractivity contribution in [1.29, 1.82) is 0 Å². The fourth-order valence-electron chi connectivity index (χ4n) is 2.28. The zero-order valence-corrected chi connectivity index (χ0v) is 7.42. The molecule has 0 aliphatic heterocycles. The second-order valence-electron chi connectivity index (χ2n) is 4.10. The van der Waals surface area contributed by atoms with Gasteiger partial charge in [-0.05, 0) is 36.3 Å². The normalized spacial score (nSPS) is 39.8. The molecule has 0 aromatic heterocycles. The van der Waals surface area contributed by atoms with Gasteiger partial charge in [0.05, 0.1) is 0 Å². The largest absolute Gasteiger partial charge is 0.290 e. The predicted octanol–water partition coefficient (Wildman–Crippen LogP) is 2.49. The third kappa shape index (κ3) is 1.13. The van der Waals surface area contributed by atoms with Crippen LogP contribution in [0, 0.1) is 11.3 Å². The summed E-state index contributed by atoms with van der Waals surface area (Å²) >= 11 is 0. The van der Waals surface area contributed by atoms with Crippen molar-refractivity contribution in [3.8, 4) is 0 Å². The summed E-state index contributed by atoms with van der Waals surface area (Å²) in [5.41, 5.74) is 0.267. The van der Waals surface area contributed by atoms with Crippen molar-refractivity contribution in [3.05, 3.63) is 24.3 Å². The van der Waals surface area contributed by atoms with E-state index in [1.54, 1.807) is 12.2 Å². The first-order chi connectivity index (χ1) is 5.71. The van der Waals surface area contributed by atoms with E-state index in [4.69, 9.17) is 0 Å². The lowest BCUT2D eigenvalue weighted by Gasteiger charge is -2.24. The highest BCUT2D eigenvalue weighted by molar-refractivity contribution is 5.99. The molecule has 1 fully saturated rings. The van der Waals surface area contributed by atoms with Crippen molar-refractivity contribution in [2.75, 3.05) is 0 Å². The Morgan fingerprint density at radius 1 is 1.50 bits per heavy atom. The van der Waals surface area contributed by atoms with Gasteiger partial charge in [0.25, 0.3) is 0 Å². The molecule has 0 aromatic carbocycles. The van der Waals surface area contributed by atoms with Gasteiger partial charge in [0.15, 0.2) is 5.78 Å². The molecule has 0 amide bonds. The number of hydrogen-bond donors (Lipinski definition) is 0. The van der Waals surface area contributed by atoms with Crippen molar-refractivity contribution in [1.82, 2.24) is 0 Å². The topological polar surface area (TPSA) is 17.1 Å². The van der Waals surface area contributed by atoms with Crippen LogP contribution in [0.1, 0.15) is 26.2 Å². The van der Waals surface area contributed by atoms with Crippen LogP contribution in [0.25, 0.3) is 0 Å². The monoisotopic (exact) mass is 162 g/mol. The fourth-order valence-corrected chi connectivity index (χ4v) is 2.28. The van der Waals surface area contributed by atoms with Gasteiger partial charge in [0, 0.05) is 0 Å². The molecule has 0 N–H and O–H groups in total. The van der Waals surface area contributed by atoms with Gasteiger partial charge in [0.2, 0.25) is 0 Å². The van der Waals surface area contributed by atoms with Crippen molar-refractivity contribution in [2.45, 2.75) is 26.2 Å². The van der Waals surface area contributed by atoms with E-state index in [2.05, 4.69) is 19.1 Å². The molecule has 0 saturated heterocycles. The van der Waals surface area contributed by atoms with Crippen molar-refractivity contribution >= 4 is 5.78 Å². The molecule has 2 atom stereocenters. The summed E-state index contributed by atoms with van der Waals surface area (Å²) in [6, 6.07) is 0. The van der Waals surface area contributed by atoms with Crippen LogP contribution in [-0.2, 0) is 4.79 Å². The smallest absolute Gasteiger partial charge is 0.178 e. The van der Waals surface area contributed by atoms with Crippen molar-refractivity contribution in [3.63, 3.8) is 0 Å². The van der Waals surface area contributed by atoms with E-state index in [1.807, 2.05) is 0 Å². The number of fused-ring (bicyclic) bond motifs is 1. The lowest BCUT2D eigenvalue weighted by atomic mass is 9.80.